The van der Waals surface area contributed by atoms with Crippen LogP contribution in [-0.2, 0) is 9.53 Å². The molecule has 10 heteroatoms. The van der Waals surface area contributed by atoms with Crippen LogP contribution < -0.4 is 15.5 Å². The van der Waals surface area contributed by atoms with Crippen molar-refractivity contribution in [2.75, 3.05) is 43.1 Å². The maximum Gasteiger partial charge on any atom is 0.255 e. The molecule has 154 valence electrons. The number of anilines is 2. The summed E-state index contributed by atoms with van der Waals surface area (Å²) in [5.41, 5.74) is 1.88. The van der Waals surface area contributed by atoms with Crippen molar-refractivity contribution in [3.05, 3.63) is 60.8 Å². The van der Waals surface area contributed by atoms with E-state index >= 15 is 0 Å². The molecule has 2 amide bonds. The number of rotatable bonds is 6. The Morgan fingerprint density at radius 2 is 1.90 bits per heavy atom. The lowest BCUT2D eigenvalue weighted by atomic mass is 10.2. The van der Waals surface area contributed by atoms with Gasteiger partial charge in [0.05, 0.1) is 31.0 Å². The highest BCUT2D eigenvalue weighted by molar-refractivity contribution is 6.02. The molecule has 2 N–H and O–H groups in total. The molecule has 0 aliphatic carbocycles. The summed E-state index contributed by atoms with van der Waals surface area (Å²) < 4.78 is 6.97. The number of carbonyl (C=O) groups is 2. The van der Waals surface area contributed by atoms with Crippen LogP contribution in [0.2, 0.25) is 0 Å². The fraction of sp³-hybridized carbons (Fsp3) is 0.250. The average molecular weight is 407 g/mol. The lowest BCUT2D eigenvalue weighted by Crippen LogP contribution is -2.39. The summed E-state index contributed by atoms with van der Waals surface area (Å²) in [6.07, 6.45) is 4.69. The zero-order chi connectivity index (χ0) is 20.8. The van der Waals surface area contributed by atoms with Gasteiger partial charge in [0.25, 0.3) is 5.91 Å². The molecule has 2 aromatic heterocycles. The number of aromatic nitrogens is 4. The van der Waals surface area contributed by atoms with Gasteiger partial charge < -0.3 is 20.3 Å². The summed E-state index contributed by atoms with van der Waals surface area (Å²) in [5, 5.41) is 9.47. The Morgan fingerprint density at radius 3 is 2.63 bits per heavy atom. The first kappa shape index (κ1) is 19.5. The third-order valence-electron chi connectivity index (χ3n) is 4.59. The highest BCUT2D eigenvalue weighted by Crippen LogP contribution is 2.18. The number of carbonyl (C=O) groups excluding carboxylic acids is 2. The standard InChI is InChI=1S/C20H21N7O3/c28-18(25-15-3-5-16(6-4-15)27-14-21-13-24-27)12-23-20(29)17-2-1-7-22-19(17)26-8-10-30-11-9-26/h1-7,13-14H,8-12H2,(H,23,29)(H,25,28). The van der Waals surface area contributed by atoms with Crippen LogP contribution in [-0.4, -0.2) is 64.4 Å². The molecule has 0 spiro atoms. The predicted octanol–water partition coefficient (Wildman–Crippen LogP) is 0.867. The first-order valence-electron chi connectivity index (χ1n) is 9.51. The highest BCUT2D eigenvalue weighted by Gasteiger charge is 2.20. The zero-order valence-electron chi connectivity index (χ0n) is 16.2. The van der Waals surface area contributed by atoms with Crippen molar-refractivity contribution in [1.82, 2.24) is 25.1 Å². The molecule has 4 rings (SSSR count). The van der Waals surface area contributed by atoms with E-state index in [2.05, 4.69) is 25.7 Å². The third-order valence-corrected chi connectivity index (χ3v) is 4.59. The van der Waals surface area contributed by atoms with Crippen molar-refractivity contribution < 1.29 is 14.3 Å². The Bertz CT molecular complexity index is 1000. The maximum atomic E-state index is 12.6. The molecule has 0 unspecified atom stereocenters. The Kier molecular flexibility index (Phi) is 5.95. The molecule has 0 bridgehead atoms. The molecule has 1 aliphatic heterocycles. The number of pyridine rings is 1. The van der Waals surface area contributed by atoms with E-state index in [1.54, 1.807) is 41.5 Å². The van der Waals surface area contributed by atoms with Crippen molar-refractivity contribution in [2.24, 2.45) is 0 Å². The van der Waals surface area contributed by atoms with E-state index < -0.39 is 0 Å². The highest BCUT2D eigenvalue weighted by atomic mass is 16.5. The van der Waals surface area contributed by atoms with E-state index in [4.69, 9.17) is 4.74 Å². The van der Waals surface area contributed by atoms with Gasteiger partial charge >= 0.3 is 0 Å². The normalized spacial score (nSPS) is 13.7. The molecule has 1 aromatic carbocycles. The number of nitrogens with zero attached hydrogens (tertiary/aromatic N) is 5. The van der Waals surface area contributed by atoms with Gasteiger partial charge in [0, 0.05) is 25.0 Å². The molecule has 3 aromatic rings. The number of ether oxygens (including phenoxy) is 1. The first-order valence-corrected chi connectivity index (χ1v) is 9.51. The van der Waals surface area contributed by atoms with Crippen molar-refractivity contribution >= 4 is 23.3 Å². The predicted molar refractivity (Wildman–Crippen MR) is 110 cm³/mol. The van der Waals surface area contributed by atoms with E-state index in [0.29, 0.717) is 43.4 Å². The number of hydrogen-bond acceptors (Lipinski definition) is 7. The van der Waals surface area contributed by atoms with Crippen molar-refractivity contribution in [3.63, 3.8) is 0 Å². The van der Waals surface area contributed by atoms with Crippen LogP contribution in [0.5, 0.6) is 0 Å². The minimum absolute atomic E-state index is 0.152. The summed E-state index contributed by atoms with van der Waals surface area (Å²) in [7, 11) is 0. The summed E-state index contributed by atoms with van der Waals surface area (Å²) in [4.78, 5) is 35.1. The van der Waals surface area contributed by atoms with Crippen molar-refractivity contribution in [1.29, 1.82) is 0 Å². The molecular weight excluding hydrogens is 386 g/mol. The Morgan fingerprint density at radius 1 is 1.10 bits per heavy atom. The minimum Gasteiger partial charge on any atom is -0.378 e. The van der Waals surface area contributed by atoms with Crippen LogP contribution in [0.15, 0.2) is 55.2 Å². The van der Waals surface area contributed by atoms with E-state index in [-0.39, 0.29) is 18.4 Å². The lowest BCUT2D eigenvalue weighted by molar-refractivity contribution is -0.115. The topological polar surface area (TPSA) is 114 Å². The molecule has 3 heterocycles. The quantitative estimate of drug-likeness (QED) is 0.623. The summed E-state index contributed by atoms with van der Waals surface area (Å²) in [5.74, 6) is -0.0719. The number of benzene rings is 1. The van der Waals surface area contributed by atoms with Crippen LogP contribution in [0.4, 0.5) is 11.5 Å². The summed E-state index contributed by atoms with van der Waals surface area (Å²) >= 11 is 0. The number of amides is 2. The Labute approximate surface area is 172 Å². The maximum absolute atomic E-state index is 12.6. The SMILES string of the molecule is O=C(CNC(=O)c1cccnc1N1CCOCC1)Nc1ccc(-n2cncn2)cc1. The summed E-state index contributed by atoms with van der Waals surface area (Å²) in [6, 6.07) is 10.5. The number of hydrogen-bond donors (Lipinski definition) is 2. The molecule has 0 saturated carbocycles. The fourth-order valence-corrected chi connectivity index (χ4v) is 3.10. The molecule has 30 heavy (non-hydrogen) atoms. The lowest BCUT2D eigenvalue weighted by Gasteiger charge is -2.29. The molecule has 1 fully saturated rings. The molecule has 1 aliphatic rings. The molecule has 0 atom stereocenters. The molecular formula is C20H21N7O3. The van der Waals surface area contributed by atoms with Gasteiger partial charge in [0.2, 0.25) is 5.91 Å². The largest absolute Gasteiger partial charge is 0.378 e. The van der Waals surface area contributed by atoms with Crippen molar-refractivity contribution in [3.8, 4) is 5.69 Å². The van der Waals surface area contributed by atoms with E-state index in [1.165, 1.54) is 6.33 Å². The zero-order valence-corrected chi connectivity index (χ0v) is 16.2. The number of morpholine rings is 1. The Balaban J connectivity index is 1.33. The van der Waals surface area contributed by atoms with Gasteiger partial charge in [0.1, 0.15) is 18.5 Å². The first-order chi connectivity index (χ1) is 14.7. The second-order valence-corrected chi connectivity index (χ2v) is 6.59. The van der Waals surface area contributed by atoms with Gasteiger partial charge in [-0.1, -0.05) is 0 Å². The van der Waals surface area contributed by atoms with Gasteiger partial charge in [-0.05, 0) is 36.4 Å². The van der Waals surface area contributed by atoms with Crippen molar-refractivity contribution in [2.45, 2.75) is 0 Å². The van der Waals surface area contributed by atoms with Gasteiger partial charge in [-0.2, -0.15) is 5.10 Å². The Hall–Kier alpha value is -3.79. The van der Waals surface area contributed by atoms with E-state index in [0.717, 1.165) is 5.69 Å². The summed E-state index contributed by atoms with van der Waals surface area (Å²) in [6.45, 7) is 2.37. The smallest absolute Gasteiger partial charge is 0.255 e. The van der Waals surface area contributed by atoms with Crippen LogP contribution in [0.1, 0.15) is 10.4 Å². The molecule has 10 nitrogen and oxygen atoms in total. The minimum atomic E-state index is -0.346. The van der Waals surface area contributed by atoms with Crippen LogP contribution >= 0.6 is 0 Å². The molecule has 1 saturated heterocycles. The molecule has 0 radical (unpaired) electrons. The number of nitrogens with one attached hydrogen (secondary N) is 2. The van der Waals surface area contributed by atoms with Crippen LogP contribution in [0.25, 0.3) is 5.69 Å². The van der Waals surface area contributed by atoms with Gasteiger partial charge in [-0.3, -0.25) is 9.59 Å². The monoisotopic (exact) mass is 407 g/mol. The van der Waals surface area contributed by atoms with E-state index in [9.17, 15) is 9.59 Å². The van der Waals surface area contributed by atoms with Gasteiger partial charge in [0.15, 0.2) is 0 Å². The fourth-order valence-electron chi connectivity index (χ4n) is 3.10. The van der Waals surface area contributed by atoms with Gasteiger partial charge in [-0.25, -0.2) is 14.6 Å². The van der Waals surface area contributed by atoms with Gasteiger partial charge in [-0.15, -0.1) is 0 Å². The van der Waals surface area contributed by atoms with Crippen LogP contribution in [0.3, 0.4) is 0 Å². The second-order valence-electron chi connectivity index (χ2n) is 6.59. The second kappa shape index (κ2) is 9.14. The van der Waals surface area contributed by atoms with E-state index in [1.807, 2.05) is 17.0 Å². The average Bonchev–Trinajstić information content (AvgIpc) is 3.34. The third kappa shape index (κ3) is 4.61. The van der Waals surface area contributed by atoms with Crippen LogP contribution in [0, 0.1) is 0 Å².